The molecule has 0 aliphatic carbocycles. The van der Waals surface area contributed by atoms with Gasteiger partial charge >= 0.3 is 0 Å². The number of piperidine rings is 1. The van der Waals surface area contributed by atoms with E-state index in [2.05, 4.69) is 4.90 Å². The highest BCUT2D eigenvalue weighted by molar-refractivity contribution is 6.27. The molecule has 0 spiro atoms. The Bertz CT molecular complexity index is 114. The molecule has 0 aromatic heterocycles. The van der Waals surface area contributed by atoms with Gasteiger partial charge in [-0.1, -0.05) is 6.42 Å². The number of nitrogens with zero attached hydrogens (tertiary/aromatic N) is 1. The molecule has 12 heavy (non-hydrogen) atoms. The Kier molecular flexibility index (Phi) is 3.19. The fraction of sp³-hybridized carbons (Fsp3) is 1.00. The third-order valence-corrected chi connectivity index (χ3v) is 4.26. The highest BCUT2D eigenvalue weighted by atomic mass is 28.2. The first-order chi connectivity index (χ1) is 5.97. The highest BCUT2D eigenvalue weighted by Crippen LogP contribution is 2.18. The second-order valence-corrected chi connectivity index (χ2v) is 5.49. The van der Waals surface area contributed by atoms with Crippen LogP contribution in [0, 0.1) is 0 Å². The molecule has 0 N–H and O–H groups in total. The Morgan fingerprint density at radius 3 is 2.67 bits per heavy atom. The molecule has 1 unspecified atom stereocenters. The Morgan fingerprint density at radius 1 is 1.17 bits per heavy atom. The summed E-state index contributed by atoms with van der Waals surface area (Å²) in [5.41, 5.74) is 0. The molecule has 2 rings (SSSR count). The molecule has 2 saturated heterocycles. The van der Waals surface area contributed by atoms with E-state index in [0.717, 1.165) is 12.6 Å². The van der Waals surface area contributed by atoms with Crippen LogP contribution in [0.5, 0.6) is 0 Å². The molecule has 2 fully saturated rings. The van der Waals surface area contributed by atoms with E-state index in [1.54, 1.807) is 0 Å². The normalized spacial score (nSPS) is 35.5. The summed E-state index contributed by atoms with van der Waals surface area (Å²) in [5, 5.41) is 0. The summed E-state index contributed by atoms with van der Waals surface area (Å²) in [5.74, 6) is 0. The molecular formula is C9H19NOSi. The molecule has 0 amide bonds. The maximum Gasteiger partial charge on any atom is 0.161 e. The SMILES string of the molecule is C1CCN(C2CC[SiH2]OC2)CC1. The van der Waals surface area contributed by atoms with Gasteiger partial charge in [-0.25, -0.2) is 0 Å². The largest absolute Gasteiger partial charge is 0.422 e. The van der Waals surface area contributed by atoms with E-state index in [9.17, 15) is 0 Å². The summed E-state index contributed by atoms with van der Waals surface area (Å²) in [6.45, 7) is 3.71. The Labute approximate surface area is 77.2 Å². The first kappa shape index (κ1) is 8.72. The fourth-order valence-corrected chi connectivity index (χ4v) is 3.58. The first-order valence-electron chi connectivity index (χ1n) is 5.28. The molecule has 70 valence electrons. The standard InChI is InChI=1S/C9H19NOSi/c1-2-5-10(6-3-1)9-4-7-12-11-8-9/h9H,1-8,12H2. The lowest BCUT2D eigenvalue weighted by molar-refractivity contribution is 0.101. The van der Waals surface area contributed by atoms with Gasteiger partial charge in [0, 0.05) is 12.6 Å². The highest BCUT2D eigenvalue weighted by Gasteiger charge is 2.22. The van der Waals surface area contributed by atoms with Crippen molar-refractivity contribution in [2.75, 3.05) is 19.7 Å². The van der Waals surface area contributed by atoms with Gasteiger partial charge in [-0.3, -0.25) is 4.90 Å². The van der Waals surface area contributed by atoms with Crippen LogP contribution in [0.1, 0.15) is 25.7 Å². The van der Waals surface area contributed by atoms with E-state index in [1.165, 1.54) is 44.8 Å². The number of rotatable bonds is 1. The van der Waals surface area contributed by atoms with Gasteiger partial charge in [0.05, 0.1) is 0 Å². The van der Waals surface area contributed by atoms with Gasteiger partial charge in [-0.15, -0.1) is 0 Å². The zero-order valence-corrected chi connectivity index (χ0v) is 9.21. The van der Waals surface area contributed by atoms with Crippen LogP contribution in [0.2, 0.25) is 6.04 Å². The molecule has 0 radical (unpaired) electrons. The molecule has 0 bridgehead atoms. The second-order valence-electron chi connectivity index (χ2n) is 3.97. The number of hydrogen-bond acceptors (Lipinski definition) is 2. The summed E-state index contributed by atoms with van der Waals surface area (Å²) in [6, 6.07) is 2.19. The van der Waals surface area contributed by atoms with Crippen molar-refractivity contribution in [2.45, 2.75) is 37.8 Å². The minimum absolute atomic E-state index is 0.0855. The quantitative estimate of drug-likeness (QED) is 0.559. The molecule has 2 heterocycles. The van der Waals surface area contributed by atoms with Gasteiger partial charge in [0.1, 0.15) is 0 Å². The van der Waals surface area contributed by atoms with E-state index in [4.69, 9.17) is 4.43 Å². The Morgan fingerprint density at radius 2 is 2.00 bits per heavy atom. The van der Waals surface area contributed by atoms with Gasteiger partial charge in [0.15, 0.2) is 9.76 Å². The molecule has 2 nitrogen and oxygen atoms in total. The van der Waals surface area contributed by atoms with Crippen molar-refractivity contribution in [1.29, 1.82) is 0 Å². The first-order valence-corrected chi connectivity index (χ1v) is 6.86. The van der Waals surface area contributed by atoms with Crippen LogP contribution in [0.3, 0.4) is 0 Å². The smallest absolute Gasteiger partial charge is 0.161 e. The monoisotopic (exact) mass is 185 g/mol. The van der Waals surface area contributed by atoms with Crippen LogP contribution in [-0.4, -0.2) is 40.4 Å². The van der Waals surface area contributed by atoms with Crippen molar-refractivity contribution < 1.29 is 4.43 Å². The molecular weight excluding hydrogens is 166 g/mol. The summed E-state index contributed by atoms with van der Waals surface area (Å²) < 4.78 is 5.63. The van der Waals surface area contributed by atoms with Gasteiger partial charge in [-0.05, 0) is 38.4 Å². The fourth-order valence-electron chi connectivity index (χ4n) is 2.30. The zero-order chi connectivity index (χ0) is 8.23. The van der Waals surface area contributed by atoms with Gasteiger partial charge < -0.3 is 4.43 Å². The molecule has 2 aliphatic rings. The van der Waals surface area contributed by atoms with E-state index in [1.807, 2.05) is 0 Å². The second kappa shape index (κ2) is 4.39. The van der Waals surface area contributed by atoms with Crippen LogP contribution < -0.4 is 0 Å². The minimum atomic E-state index is -0.0855. The minimum Gasteiger partial charge on any atom is -0.422 e. The van der Waals surface area contributed by atoms with Crippen molar-refractivity contribution >= 4 is 9.76 Å². The summed E-state index contributed by atoms with van der Waals surface area (Å²) in [6.07, 6.45) is 5.69. The third kappa shape index (κ3) is 2.09. The lowest BCUT2D eigenvalue weighted by atomic mass is 10.1. The Hall–Kier alpha value is 0.137. The van der Waals surface area contributed by atoms with Gasteiger partial charge in [0.2, 0.25) is 0 Å². The van der Waals surface area contributed by atoms with E-state index >= 15 is 0 Å². The molecule has 0 saturated carbocycles. The number of hydrogen-bond donors (Lipinski definition) is 0. The van der Waals surface area contributed by atoms with E-state index in [0.29, 0.717) is 0 Å². The summed E-state index contributed by atoms with van der Waals surface area (Å²) in [7, 11) is -0.0855. The van der Waals surface area contributed by atoms with E-state index in [-0.39, 0.29) is 9.76 Å². The van der Waals surface area contributed by atoms with Crippen LogP contribution in [-0.2, 0) is 4.43 Å². The maximum atomic E-state index is 5.63. The van der Waals surface area contributed by atoms with Crippen molar-refractivity contribution in [3.8, 4) is 0 Å². The average Bonchev–Trinajstić information content (AvgIpc) is 2.21. The topological polar surface area (TPSA) is 12.5 Å². The molecule has 1 atom stereocenters. The Balaban J connectivity index is 1.80. The lowest BCUT2D eigenvalue weighted by Crippen LogP contribution is -2.44. The number of likely N-dealkylation sites (tertiary alicyclic amines) is 1. The van der Waals surface area contributed by atoms with Crippen LogP contribution >= 0.6 is 0 Å². The van der Waals surface area contributed by atoms with Gasteiger partial charge in [-0.2, -0.15) is 0 Å². The van der Waals surface area contributed by atoms with Crippen molar-refractivity contribution in [3.63, 3.8) is 0 Å². The van der Waals surface area contributed by atoms with Crippen molar-refractivity contribution in [1.82, 2.24) is 4.90 Å². The van der Waals surface area contributed by atoms with Gasteiger partial charge in [0.25, 0.3) is 0 Å². The average molecular weight is 185 g/mol. The molecule has 0 aromatic rings. The van der Waals surface area contributed by atoms with E-state index < -0.39 is 0 Å². The third-order valence-electron chi connectivity index (χ3n) is 3.04. The van der Waals surface area contributed by atoms with Crippen LogP contribution in [0.15, 0.2) is 0 Å². The molecule has 3 heteroatoms. The lowest BCUT2D eigenvalue weighted by Gasteiger charge is -2.36. The van der Waals surface area contributed by atoms with Crippen molar-refractivity contribution in [2.24, 2.45) is 0 Å². The predicted octanol–water partition coefficient (Wildman–Crippen LogP) is 0.763. The summed E-state index contributed by atoms with van der Waals surface area (Å²) in [4.78, 5) is 2.65. The maximum absolute atomic E-state index is 5.63. The van der Waals surface area contributed by atoms with Crippen molar-refractivity contribution in [3.05, 3.63) is 0 Å². The predicted molar refractivity (Wildman–Crippen MR) is 53.1 cm³/mol. The van der Waals surface area contributed by atoms with Crippen LogP contribution in [0.4, 0.5) is 0 Å². The van der Waals surface area contributed by atoms with Crippen LogP contribution in [0.25, 0.3) is 0 Å². The molecule has 0 aromatic carbocycles. The summed E-state index contributed by atoms with van der Waals surface area (Å²) >= 11 is 0. The molecule has 2 aliphatic heterocycles. The zero-order valence-electron chi connectivity index (χ0n) is 7.80.